The number of thiazole rings is 1. The van der Waals surface area contributed by atoms with Gasteiger partial charge in [-0.25, -0.2) is 9.97 Å². The Morgan fingerprint density at radius 1 is 1.24 bits per heavy atom. The molecule has 118 valence electrons. The van der Waals surface area contributed by atoms with E-state index in [1.165, 1.54) is 11.3 Å². The third kappa shape index (κ3) is 6.03. The molecule has 0 atom stereocenters. The zero-order valence-electron chi connectivity index (χ0n) is 11.1. The van der Waals surface area contributed by atoms with E-state index >= 15 is 0 Å². The highest BCUT2D eigenvalue weighted by atomic mass is 35.5. The summed E-state index contributed by atoms with van der Waals surface area (Å²) in [5.74, 6) is 0.333. The SMILES string of the molecule is CN/C(N)=N/c1nc(-c2cccc(CN)n2)cs1.Cl.Cl.Cl. The molecule has 0 unspecified atom stereocenters. The second-order valence-electron chi connectivity index (χ2n) is 3.48. The van der Waals surface area contributed by atoms with Crippen molar-refractivity contribution in [1.82, 2.24) is 15.3 Å². The lowest BCUT2D eigenvalue weighted by molar-refractivity contribution is 0.991. The van der Waals surface area contributed by atoms with Gasteiger partial charge in [0.05, 0.1) is 11.4 Å². The number of halogens is 3. The predicted molar refractivity (Wildman–Crippen MR) is 95.3 cm³/mol. The van der Waals surface area contributed by atoms with Gasteiger partial charge in [0.25, 0.3) is 0 Å². The predicted octanol–water partition coefficient (Wildman–Crippen LogP) is 2.09. The number of nitrogens with two attached hydrogens (primary N) is 2. The van der Waals surface area contributed by atoms with Gasteiger partial charge in [0, 0.05) is 19.0 Å². The summed E-state index contributed by atoms with van der Waals surface area (Å²) in [4.78, 5) is 12.9. The Kier molecular flexibility index (Phi) is 11.2. The van der Waals surface area contributed by atoms with Crippen molar-refractivity contribution in [3.8, 4) is 11.4 Å². The Morgan fingerprint density at radius 2 is 1.95 bits per heavy atom. The van der Waals surface area contributed by atoms with Gasteiger partial charge in [-0.05, 0) is 12.1 Å². The molecule has 0 radical (unpaired) electrons. The van der Waals surface area contributed by atoms with Crippen molar-refractivity contribution < 1.29 is 0 Å². The molecule has 0 aliphatic heterocycles. The first-order valence-corrected chi connectivity index (χ1v) is 6.24. The van der Waals surface area contributed by atoms with Crippen LogP contribution >= 0.6 is 48.6 Å². The maximum atomic E-state index is 5.57. The topological polar surface area (TPSA) is 102 Å². The fourth-order valence-corrected chi connectivity index (χ4v) is 2.02. The highest BCUT2D eigenvalue weighted by molar-refractivity contribution is 7.13. The average Bonchev–Trinajstić information content (AvgIpc) is 2.87. The summed E-state index contributed by atoms with van der Waals surface area (Å²) in [6.45, 7) is 0.412. The molecular formula is C11H17Cl3N6S. The molecule has 5 N–H and O–H groups in total. The van der Waals surface area contributed by atoms with E-state index in [9.17, 15) is 0 Å². The molecule has 10 heteroatoms. The number of aromatic nitrogens is 2. The van der Waals surface area contributed by atoms with Gasteiger partial charge in [-0.2, -0.15) is 4.99 Å². The maximum Gasteiger partial charge on any atom is 0.212 e. The van der Waals surface area contributed by atoms with E-state index in [4.69, 9.17) is 11.5 Å². The smallest absolute Gasteiger partial charge is 0.212 e. The van der Waals surface area contributed by atoms with Crippen molar-refractivity contribution in [2.45, 2.75) is 6.54 Å². The van der Waals surface area contributed by atoms with Crippen LogP contribution in [0.5, 0.6) is 0 Å². The summed E-state index contributed by atoms with van der Waals surface area (Å²) in [5, 5.41) is 5.23. The normalized spacial score (nSPS) is 9.90. The minimum atomic E-state index is 0. The molecule has 2 aromatic rings. The summed E-state index contributed by atoms with van der Waals surface area (Å²) < 4.78 is 0. The maximum absolute atomic E-state index is 5.57. The first-order chi connectivity index (χ1) is 8.72. The molecule has 0 bridgehead atoms. The van der Waals surface area contributed by atoms with Gasteiger partial charge in [-0.3, -0.25) is 0 Å². The number of nitrogens with zero attached hydrogens (tertiary/aromatic N) is 3. The third-order valence-corrected chi connectivity index (χ3v) is 2.98. The fourth-order valence-electron chi connectivity index (χ4n) is 1.33. The van der Waals surface area contributed by atoms with Gasteiger partial charge in [0.1, 0.15) is 5.69 Å². The molecule has 6 nitrogen and oxygen atoms in total. The number of pyridine rings is 1. The summed E-state index contributed by atoms with van der Waals surface area (Å²) in [6.07, 6.45) is 0. The molecule has 0 aromatic carbocycles. The van der Waals surface area contributed by atoms with Crippen LogP contribution in [0.4, 0.5) is 5.13 Å². The Hall–Kier alpha value is -1.12. The summed E-state index contributed by atoms with van der Waals surface area (Å²) in [7, 11) is 1.71. The van der Waals surface area contributed by atoms with E-state index in [2.05, 4.69) is 20.3 Å². The summed E-state index contributed by atoms with van der Waals surface area (Å²) >= 11 is 1.41. The van der Waals surface area contributed by atoms with Gasteiger partial charge in [-0.15, -0.1) is 48.6 Å². The molecule has 0 saturated carbocycles. The zero-order chi connectivity index (χ0) is 13.0. The van der Waals surface area contributed by atoms with Crippen molar-refractivity contribution >= 4 is 59.6 Å². The van der Waals surface area contributed by atoms with Crippen molar-refractivity contribution in [2.24, 2.45) is 16.5 Å². The number of nitrogens with one attached hydrogen (secondary N) is 1. The molecule has 2 aromatic heterocycles. The molecular weight excluding hydrogens is 355 g/mol. The Bertz CT molecular complexity index is 575. The molecule has 0 spiro atoms. The van der Waals surface area contributed by atoms with E-state index in [0.717, 1.165) is 17.1 Å². The van der Waals surface area contributed by atoms with Gasteiger partial charge >= 0.3 is 0 Å². The molecule has 0 saturated heterocycles. The standard InChI is InChI=1S/C11H14N6S.3ClH/c1-14-10(13)17-11-16-9(6-18-11)8-4-2-3-7(5-12)15-8;;;/h2-4,6H,5,12H2,1H3,(H3,13,14,16,17);3*1H. The van der Waals surface area contributed by atoms with Crippen LogP contribution in [0.1, 0.15) is 5.69 Å². The molecule has 0 amide bonds. The largest absolute Gasteiger partial charge is 0.370 e. The Balaban J connectivity index is 0. The minimum Gasteiger partial charge on any atom is -0.370 e. The van der Waals surface area contributed by atoms with Gasteiger partial charge in [0.15, 0.2) is 5.96 Å². The van der Waals surface area contributed by atoms with Crippen LogP contribution in [0.15, 0.2) is 28.6 Å². The number of aliphatic imine (C=N–C) groups is 1. The van der Waals surface area contributed by atoms with E-state index in [-0.39, 0.29) is 37.2 Å². The highest BCUT2D eigenvalue weighted by Gasteiger charge is 2.06. The number of hydrogen-bond donors (Lipinski definition) is 3. The molecule has 2 rings (SSSR count). The third-order valence-electron chi connectivity index (χ3n) is 2.24. The van der Waals surface area contributed by atoms with Gasteiger partial charge < -0.3 is 16.8 Å². The van der Waals surface area contributed by atoms with E-state index in [1.54, 1.807) is 7.05 Å². The second kappa shape index (κ2) is 10.6. The first kappa shape index (κ1) is 22.2. The van der Waals surface area contributed by atoms with E-state index in [1.807, 2.05) is 23.6 Å². The fraction of sp³-hybridized carbons (Fsp3) is 0.182. The molecule has 0 fully saturated rings. The highest BCUT2D eigenvalue weighted by Crippen LogP contribution is 2.25. The van der Waals surface area contributed by atoms with Crippen LogP contribution < -0.4 is 16.8 Å². The van der Waals surface area contributed by atoms with Crippen molar-refractivity contribution in [1.29, 1.82) is 0 Å². The van der Waals surface area contributed by atoms with Gasteiger partial charge in [-0.1, -0.05) is 6.07 Å². The van der Waals surface area contributed by atoms with Crippen molar-refractivity contribution in [3.63, 3.8) is 0 Å². The van der Waals surface area contributed by atoms with Gasteiger partial charge in [0.2, 0.25) is 5.13 Å². The van der Waals surface area contributed by atoms with Crippen molar-refractivity contribution in [3.05, 3.63) is 29.3 Å². The second-order valence-corrected chi connectivity index (χ2v) is 4.32. The summed E-state index contributed by atoms with van der Waals surface area (Å²) in [6, 6.07) is 5.69. The van der Waals surface area contributed by atoms with Crippen molar-refractivity contribution in [2.75, 3.05) is 7.05 Å². The van der Waals surface area contributed by atoms with Crippen LogP contribution in [0.3, 0.4) is 0 Å². The number of rotatable bonds is 3. The lowest BCUT2D eigenvalue weighted by atomic mass is 10.2. The van der Waals surface area contributed by atoms with E-state index < -0.39 is 0 Å². The number of hydrogen-bond acceptors (Lipinski definition) is 5. The molecule has 21 heavy (non-hydrogen) atoms. The lowest BCUT2D eigenvalue weighted by Gasteiger charge is -1.99. The van der Waals surface area contributed by atoms with Crippen LogP contribution in [0.25, 0.3) is 11.4 Å². The zero-order valence-corrected chi connectivity index (χ0v) is 14.4. The molecule has 2 heterocycles. The monoisotopic (exact) mass is 370 g/mol. The van der Waals surface area contributed by atoms with Crippen LogP contribution in [-0.2, 0) is 6.54 Å². The average molecular weight is 372 g/mol. The number of guanidine groups is 1. The Morgan fingerprint density at radius 3 is 2.57 bits per heavy atom. The molecule has 0 aliphatic rings. The van der Waals surface area contributed by atoms with Crippen LogP contribution in [0, 0.1) is 0 Å². The van der Waals surface area contributed by atoms with Crippen LogP contribution in [-0.4, -0.2) is 23.0 Å². The first-order valence-electron chi connectivity index (χ1n) is 5.36. The molecule has 0 aliphatic carbocycles. The van der Waals surface area contributed by atoms with E-state index in [0.29, 0.717) is 17.6 Å². The van der Waals surface area contributed by atoms with Crippen LogP contribution in [0.2, 0.25) is 0 Å². The minimum absolute atomic E-state index is 0. The summed E-state index contributed by atoms with van der Waals surface area (Å²) in [5.41, 5.74) is 13.5. The lowest BCUT2D eigenvalue weighted by Crippen LogP contribution is -2.27. The Labute approximate surface area is 145 Å². The quantitative estimate of drug-likeness (QED) is 0.566.